The number of esters is 3. The lowest BCUT2D eigenvalue weighted by Crippen LogP contribution is -2.60. The van der Waals surface area contributed by atoms with Gasteiger partial charge in [0.1, 0.15) is 18.3 Å². The highest BCUT2D eigenvalue weighted by Gasteiger charge is 2.90. The summed E-state index contributed by atoms with van der Waals surface area (Å²) in [4.78, 5) is 37.5. The Balaban J connectivity index is 1.73. The van der Waals surface area contributed by atoms with E-state index in [1.54, 1.807) is 13.8 Å². The minimum atomic E-state index is -1.47. The van der Waals surface area contributed by atoms with Crippen LogP contribution >= 0.6 is 0 Å². The molecule has 7 unspecified atom stereocenters. The van der Waals surface area contributed by atoms with Crippen LogP contribution in [-0.2, 0) is 33.3 Å². The molecular weight excluding hydrogens is 396 g/mol. The van der Waals surface area contributed by atoms with Crippen LogP contribution in [0.2, 0.25) is 0 Å². The number of aliphatic hydroxyl groups is 2. The van der Waals surface area contributed by atoms with Crippen LogP contribution in [0.3, 0.4) is 0 Å². The Bertz CT molecular complexity index is 833. The molecule has 0 bridgehead atoms. The first kappa shape index (κ1) is 20.2. The van der Waals surface area contributed by atoms with E-state index in [0.717, 1.165) is 0 Å². The fourth-order valence-electron chi connectivity index (χ4n) is 7.24. The van der Waals surface area contributed by atoms with Crippen LogP contribution in [-0.4, -0.2) is 64.9 Å². The van der Waals surface area contributed by atoms with Gasteiger partial charge in [-0.15, -0.1) is 0 Å². The van der Waals surface area contributed by atoms with Crippen molar-refractivity contribution in [3.63, 3.8) is 0 Å². The number of carbonyl (C=O) groups is 3. The van der Waals surface area contributed by atoms with Gasteiger partial charge in [0.05, 0.1) is 29.3 Å². The molecule has 0 aromatic heterocycles. The molecule has 4 aliphatic heterocycles. The van der Waals surface area contributed by atoms with Crippen LogP contribution in [0, 0.1) is 34.0 Å². The quantitative estimate of drug-likeness (QED) is 0.470. The van der Waals surface area contributed by atoms with E-state index in [4.69, 9.17) is 18.9 Å². The lowest BCUT2D eigenvalue weighted by atomic mass is 9.53. The van der Waals surface area contributed by atoms with E-state index in [9.17, 15) is 24.6 Å². The SMILES string of the molecule is CC1C([C@H](O)C23C4OC5OC(=O)CC52[C@H](C(C)(C)C)[C@@H](O)C3OC4=O)OC(=O)[C@H]1C. The molecule has 11 atom stereocenters. The lowest BCUT2D eigenvalue weighted by Gasteiger charge is -2.47. The molecule has 0 aromatic carbocycles. The van der Waals surface area contributed by atoms with Crippen molar-refractivity contribution in [3.05, 3.63) is 0 Å². The van der Waals surface area contributed by atoms with Crippen molar-refractivity contribution in [3.8, 4) is 0 Å². The van der Waals surface area contributed by atoms with Gasteiger partial charge in [-0.2, -0.15) is 0 Å². The van der Waals surface area contributed by atoms with Gasteiger partial charge in [0.15, 0.2) is 6.10 Å². The van der Waals surface area contributed by atoms with Gasteiger partial charge in [0.2, 0.25) is 6.29 Å². The van der Waals surface area contributed by atoms with Gasteiger partial charge in [-0.3, -0.25) is 9.59 Å². The molecule has 4 heterocycles. The number of aliphatic hydroxyl groups excluding tert-OH is 2. The summed E-state index contributed by atoms with van der Waals surface area (Å²) in [5.74, 6) is -3.00. The first-order chi connectivity index (χ1) is 13.9. The maximum atomic E-state index is 12.8. The first-order valence-electron chi connectivity index (χ1n) is 10.5. The zero-order chi connectivity index (χ0) is 22.0. The van der Waals surface area contributed by atoms with Crippen molar-refractivity contribution in [1.29, 1.82) is 0 Å². The molecule has 5 rings (SSSR count). The van der Waals surface area contributed by atoms with Gasteiger partial charge in [-0.1, -0.05) is 34.6 Å². The Kier molecular flexibility index (Phi) is 3.87. The van der Waals surface area contributed by atoms with Crippen LogP contribution < -0.4 is 0 Å². The van der Waals surface area contributed by atoms with Gasteiger partial charge >= 0.3 is 17.9 Å². The largest absolute Gasteiger partial charge is 0.459 e. The Morgan fingerprint density at radius 2 is 1.73 bits per heavy atom. The highest BCUT2D eigenvalue weighted by molar-refractivity contribution is 5.83. The molecule has 5 aliphatic rings. The Morgan fingerprint density at radius 1 is 1.07 bits per heavy atom. The van der Waals surface area contributed by atoms with Crippen LogP contribution in [0.5, 0.6) is 0 Å². The van der Waals surface area contributed by atoms with Crippen molar-refractivity contribution in [1.82, 2.24) is 0 Å². The second kappa shape index (κ2) is 5.75. The molecule has 2 N–H and O–H groups in total. The van der Waals surface area contributed by atoms with Crippen molar-refractivity contribution >= 4 is 17.9 Å². The van der Waals surface area contributed by atoms with E-state index >= 15 is 0 Å². The second-order valence-electron chi connectivity index (χ2n) is 10.7. The van der Waals surface area contributed by atoms with Crippen LogP contribution in [0.15, 0.2) is 0 Å². The van der Waals surface area contributed by atoms with Gasteiger partial charge in [0, 0.05) is 11.8 Å². The number of hydrogen-bond acceptors (Lipinski definition) is 9. The van der Waals surface area contributed by atoms with Crippen LogP contribution in [0.1, 0.15) is 41.0 Å². The van der Waals surface area contributed by atoms with E-state index in [1.807, 2.05) is 20.8 Å². The van der Waals surface area contributed by atoms with Crippen molar-refractivity contribution in [2.45, 2.75) is 77.8 Å². The fourth-order valence-corrected chi connectivity index (χ4v) is 7.24. The monoisotopic (exact) mass is 424 g/mol. The van der Waals surface area contributed by atoms with Crippen molar-refractivity contribution in [2.75, 3.05) is 0 Å². The molecule has 30 heavy (non-hydrogen) atoms. The average Bonchev–Trinajstić information content (AvgIpc) is 3.32. The first-order valence-corrected chi connectivity index (χ1v) is 10.5. The molecule has 0 radical (unpaired) electrons. The number of carbonyl (C=O) groups excluding carboxylic acids is 3. The molecule has 9 nitrogen and oxygen atoms in total. The summed E-state index contributed by atoms with van der Waals surface area (Å²) in [5, 5.41) is 23.1. The van der Waals surface area contributed by atoms with Crippen LogP contribution in [0.4, 0.5) is 0 Å². The maximum absolute atomic E-state index is 12.8. The topological polar surface area (TPSA) is 129 Å². The summed E-state index contributed by atoms with van der Waals surface area (Å²) < 4.78 is 22.5. The minimum Gasteiger partial charge on any atom is -0.459 e. The predicted molar refractivity (Wildman–Crippen MR) is 97.3 cm³/mol. The third kappa shape index (κ3) is 1.97. The van der Waals surface area contributed by atoms with Crippen molar-refractivity contribution in [2.24, 2.45) is 34.0 Å². The molecular formula is C21H28O9. The van der Waals surface area contributed by atoms with Gasteiger partial charge in [0.25, 0.3) is 0 Å². The van der Waals surface area contributed by atoms with E-state index in [-0.39, 0.29) is 12.3 Å². The molecule has 1 aliphatic carbocycles. The summed E-state index contributed by atoms with van der Waals surface area (Å²) in [6.07, 6.45) is -6.99. The van der Waals surface area contributed by atoms with Gasteiger partial charge in [-0.25, -0.2) is 4.79 Å². The molecule has 0 amide bonds. The Hall–Kier alpha value is -1.71. The maximum Gasteiger partial charge on any atom is 0.336 e. The summed E-state index contributed by atoms with van der Waals surface area (Å²) in [7, 11) is 0. The highest BCUT2D eigenvalue weighted by atomic mass is 16.7. The zero-order valence-electron chi connectivity index (χ0n) is 17.7. The number of hydrogen-bond donors (Lipinski definition) is 2. The normalized spacial score (nSPS) is 52.7. The molecule has 166 valence electrons. The Labute approximate surface area is 174 Å². The molecule has 1 spiro atoms. The third-order valence-corrected chi connectivity index (χ3v) is 8.39. The minimum absolute atomic E-state index is 0.123. The number of ether oxygens (including phenoxy) is 4. The fraction of sp³-hybridized carbons (Fsp3) is 0.857. The summed E-state index contributed by atoms with van der Waals surface area (Å²) in [5.41, 5.74) is -3.19. The van der Waals surface area contributed by atoms with E-state index < -0.39 is 82.8 Å². The number of rotatable bonds is 2. The summed E-state index contributed by atoms with van der Waals surface area (Å²) in [6.45, 7) is 9.29. The standard InChI is InChI=1S/C21H28O9/c1-7-8(2)16(25)28-11(7)13(24)21-14-10(23)12(19(3,4)5)20(21)6-9(22)27-18(20)30-15(21)17(26)29-14/h7-8,10-15,18,23-24H,6H2,1-5H3/t7?,8-,10+,11?,12-,13-,14?,15?,18?,20?,21?/m0/s1. The molecule has 9 heteroatoms. The summed E-state index contributed by atoms with van der Waals surface area (Å²) >= 11 is 0. The molecule has 5 fully saturated rings. The second-order valence-corrected chi connectivity index (χ2v) is 10.7. The highest BCUT2D eigenvalue weighted by Crippen LogP contribution is 2.76. The smallest absolute Gasteiger partial charge is 0.336 e. The third-order valence-electron chi connectivity index (χ3n) is 8.39. The van der Waals surface area contributed by atoms with Gasteiger partial charge < -0.3 is 29.2 Å². The Morgan fingerprint density at radius 3 is 2.30 bits per heavy atom. The number of cyclic esters (lactones) is 1. The summed E-state index contributed by atoms with van der Waals surface area (Å²) in [6, 6.07) is 0. The molecule has 1 saturated carbocycles. The van der Waals surface area contributed by atoms with Crippen LogP contribution in [0.25, 0.3) is 0 Å². The van der Waals surface area contributed by atoms with Crippen molar-refractivity contribution < 1.29 is 43.5 Å². The van der Waals surface area contributed by atoms with E-state index in [1.165, 1.54) is 0 Å². The van der Waals surface area contributed by atoms with Gasteiger partial charge in [-0.05, 0) is 5.41 Å². The molecule has 0 aromatic rings. The average molecular weight is 424 g/mol. The van der Waals surface area contributed by atoms with E-state index in [2.05, 4.69) is 0 Å². The predicted octanol–water partition coefficient (Wildman–Crippen LogP) is 0.152. The zero-order valence-corrected chi connectivity index (χ0v) is 17.7. The van der Waals surface area contributed by atoms with E-state index in [0.29, 0.717) is 0 Å². The molecule has 4 saturated heterocycles. The lowest BCUT2D eigenvalue weighted by molar-refractivity contribution is -0.181.